The number of aliphatic imine (C=N–C) groups is 1. The van der Waals surface area contributed by atoms with E-state index < -0.39 is 0 Å². The van der Waals surface area contributed by atoms with Gasteiger partial charge in [-0.1, -0.05) is 56.0 Å². The van der Waals surface area contributed by atoms with E-state index >= 15 is 0 Å². The average Bonchev–Trinajstić information content (AvgIpc) is 2.91. The number of carbonyl (C=O) groups is 1. The first-order chi connectivity index (χ1) is 17.1. The number of unbranched alkanes of at least 4 members (excludes halogenated alkanes) is 1. The van der Waals surface area contributed by atoms with Crippen molar-refractivity contribution in [2.45, 2.75) is 58.7 Å². The summed E-state index contributed by atoms with van der Waals surface area (Å²) >= 11 is 12.4. The van der Waals surface area contributed by atoms with Crippen LogP contribution in [-0.2, 0) is 11.2 Å². The molecule has 2 N–H and O–H groups in total. The van der Waals surface area contributed by atoms with Crippen molar-refractivity contribution in [3.8, 4) is 0 Å². The van der Waals surface area contributed by atoms with Crippen molar-refractivity contribution in [1.29, 1.82) is 0 Å². The number of hydrogen-bond donors (Lipinski definition) is 2. The fourth-order valence-corrected chi connectivity index (χ4v) is 5.21. The Bertz CT molecular complexity index is 1060. The van der Waals surface area contributed by atoms with Gasteiger partial charge < -0.3 is 10.1 Å². The molecule has 1 heterocycles. The maximum absolute atomic E-state index is 13.1. The fraction of sp³-hybridized carbons (Fsp3) is 0.500. The lowest BCUT2D eigenvalue weighted by atomic mass is 9.79. The Hall–Kier alpha value is -2.12. The number of carbonyl (C=O) groups excluding carboxylic acids is 1. The monoisotopic (exact) mass is 532 g/mol. The SMILES string of the molecule is CCCCC1(C)Cc2cc(Cl)ccc2C(N=C(NC(=O)c2ccc(Cl)cc2)NC(C)COC)N(C)C1. The molecular weight excluding hydrogens is 495 g/mol. The minimum absolute atomic E-state index is 0.0603. The van der Waals surface area contributed by atoms with Crippen LogP contribution in [0.2, 0.25) is 10.0 Å². The molecule has 1 aliphatic heterocycles. The number of rotatable bonds is 8. The van der Waals surface area contributed by atoms with E-state index in [9.17, 15) is 4.79 Å². The molecule has 0 aromatic heterocycles. The summed E-state index contributed by atoms with van der Waals surface area (Å²) in [4.78, 5) is 20.4. The van der Waals surface area contributed by atoms with Crippen LogP contribution in [0.3, 0.4) is 0 Å². The van der Waals surface area contributed by atoms with E-state index in [2.05, 4.69) is 48.6 Å². The first-order valence-electron chi connectivity index (χ1n) is 12.5. The molecule has 0 spiro atoms. The maximum atomic E-state index is 13.1. The van der Waals surface area contributed by atoms with Gasteiger partial charge in [0.2, 0.25) is 5.96 Å². The number of amides is 1. The van der Waals surface area contributed by atoms with Gasteiger partial charge in [0.05, 0.1) is 6.61 Å². The van der Waals surface area contributed by atoms with Crippen molar-refractivity contribution in [1.82, 2.24) is 15.5 Å². The number of guanidine groups is 1. The minimum Gasteiger partial charge on any atom is -0.383 e. The van der Waals surface area contributed by atoms with Gasteiger partial charge >= 0.3 is 0 Å². The molecule has 3 rings (SSSR count). The largest absolute Gasteiger partial charge is 0.383 e. The number of fused-ring (bicyclic) bond motifs is 1. The van der Waals surface area contributed by atoms with Gasteiger partial charge in [-0.05, 0) is 79.8 Å². The molecule has 8 heteroatoms. The van der Waals surface area contributed by atoms with Crippen LogP contribution < -0.4 is 10.6 Å². The Labute approximate surface area is 225 Å². The van der Waals surface area contributed by atoms with E-state index in [-0.39, 0.29) is 23.5 Å². The highest BCUT2D eigenvalue weighted by Gasteiger charge is 2.35. The van der Waals surface area contributed by atoms with Crippen molar-refractivity contribution >= 4 is 35.1 Å². The van der Waals surface area contributed by atoms with Crippen molar-refractivity contribution in [2.75, 3.05) is 27.3 Å². The third-order valence-corrected chi connectivity index (χ3v) is 7.06. The van der Waals surface area contributed by atoms with Crippen molar-refractivity contribution in [3.63, 3.8) is 0 Å². The number of hydrogen-bond acceptors (Lipinski definition) is 4. The van der Waals surface area contributed by atoms with E-state index in [0.717, 1.165) is 36.4 Å². The average molecular weight is 534 g/mol. The van der Waals surface area contributed by atoms with Crippen LogP contribution in [-0.4, -0.2) is 50.1 Å². The highest BCUT2D eigenvalue weighted by atomic mass is 35.5. The van der Waals surface area contributed by atoms with Crippen LogP contribution in [0.15, 0.2) is 47.5 Å². The number of methoxy groups -OCH3 is 1. The van der Waals surface area contributed by atoms with E-state index in [1.807, 2.05) is 13.0 Å². The second-order valence-electron chi connectivity index (χ2n) is 10.2. The molecule has 2 aromatic rings. The molecule has 196 valence electrons. The lowest BCUT2D eigenvalue weighted by Gasteiger charge is -2.33. The third kappa shape index (κ3) is 7.69. The summed E-state index contributed by atoms with van der Waals surface area (Å²) in [6.45, 7) is 7.90. The summed E-state index contributed by atoms with van der Waals surface area (Å²) in [6.07, 6.45) is 4.10. The quantitative estimate of drug-likeness (QED) is 0.319. The molecule has 3 atom stereocenters. The van der Waals surface area contributed by atoms with Gasteiger partial charge in [-0.2, -0.15) is 0 Å². The molecule has 1 amide bonds. The van der Waals surface area contributed by atoms with Crippen LogP contribution in [0.1, 0.15) is 67.7 Å². The zero-order chi connectivity index (χ0) is 26.3. The van der Waals surface area contributed by atoms with Gasteiger partial charge in [0.15, 0.2) is 0 Å². The molecule has 0 radical (unpaired) electrons. The Kier molecular flexibility index (Phi) is 10.2. The molecule has 6 nitrogen and oxygen atoms in total. The zero-order valence-corrected chi connectivity index (χ0v) is 23.4. The topological polar surface area (TPSA) is 66.0 Å². The van der Waals surface area contributed by atoms with E-state index in [1.165, 1.54) is 12.0 Å². The second-order valence-corrected chi connectivity index (χ2v) is 11.0. The molecule has 0 aliphatic carbocycles. The standard InChI is InChI=1S/C28H38Cl2N4O2/c1-6-7-14-28(3)16-21-15-23(30)12-13-24(21)25(34(4)18-28)32-27(31-19(2)17-36-5)33-26(35)20-8-10-22(29)11-9-20/h8-13,15,19,25H,6-7,14,16-18H2,1-5H3,(H2,31,32,33,35). The summed E-state index contributed by atoms with van der Waals surface area (Å²) < 4.78 is 5.30. The zero-order valence-electron chi connectivity index (χ0n) is 21.9. The van der Waals surface area contributed by atoms with Gasteiger partial charge in [0.1, 0.15) is 6.17 Å². The van der Waals surface area contributed by atoms with Crippen molar-refractivity contribution in [2.24, 2.45) is 10.4 Å². The second kappa shape index (κ2) is 12.9. The lowest BCUT2D eigenvalue weighted by Crippen LogP contribution is -2.47. The predicted molar refractivity (Wildman–Crippen MR) is 149 cm³/mol. The highest BCUT2D eigenvalue weighted by molar-refractivity contribution is 6.31. The molecule has 3 unspecified atom stereocenters. The third-order valence-electron chi connectivity index (χ3n) is 6.57. The van der Waals surface area contributed by atoms with Crippen molar-refractivity contribution in [3.05, 3.63) is 69.2 Å². The lowest BCUT2D eigenvalue weighted by molar-refractivity contribution is 0.0973. The van der Waals surface area contributed by atoms with Gasteiger partial charge in [-0.15, -0.1) is 0 Å². The molecular formula is C28H38Cl2N4O2. The van der Waals surface area contributed by atoms with Crippen LogP contribution in [0.4, 0.5) is 0 Å². The summed E-state index contributed by atoms with van der Waals surface area (Å²) in [5, 5.41) is 7.61. The molecule has 36 heavy (non-hydrogen) atoms. The van der Waals surface area contributed by atoms with Gasteiger partial charge in [0, 0.05) is 35.3 Å². The number of nitrogens with zero attached hydrogens (tertiary/aromatic N) is 2. The Morgan fingerprint density at radius 2 is 1.92 bits per heavy atom. The maximum Gasteiger partial charge on any atom is 0.257 e. The first kappa shape index (κ1) is 28.5. The summed E-state index contributed by atoms with van der Waals surface area (Å²) in [7, 11) is 3.75. The van der Waals surface area contributed by atoms with E-state index in [4.69, 9.17) is 32.9 Å². The minimum atomic E-state index is -0.288. The number of nitrogens with one attached hydrogen (secondary N) is 2. The molecule has 0 saturated carbocycles. The number of ether oxygens (including phenoxy) is 1. The predicted octanol–water partition coefficient (Wildman–Crippen LogP) is 6.09. The highest BCUT2D eigenvalue weighted by Crippen LogP contribution is 2.40. The summed E-state index contributed by atoms with van der Waals surface area (Å²) in [5.41, 5.74) is 2.90. The van der Waals surface area contributed by atoms with Crippen molar-refractivity contribution < 1.29 is 9.53 Å². The van der Waals surface area contributed by atoms with Crippen LogP contribution >= 0.6 is 23.2 Å². The van der Waals surface area contributed by atoms with Crippen LogP contribution in [0.5, 0.6) is 0 Å². The Balaban J connectivity index is 1.99. The Morgan fingerprint density at radius 3 is 2.58 bits per heavy atom. The summed E-state index contributed by atoms with van der Waals surface area (Å²) in [5.74, 6) is 0.136. The molecule has 0 bridgehead atoms. The summed E-state index contributed by atoms with van der Waals surface area (Å²) in [6, 6.07) is 12.8. The molecule has 0 saturated heterocycles. The first-order valence-corrected chi connectivity index (χ1v) is 13.3. The molecule has 2 aromatic carbocycles. The van der Waals surface area contributed by atoms with Gasteiger partial charge in [-0.25, -0.2) is 4.99 Å². The smallest absolute Gasteiger partial charge is 0.257 e. The van der Waals surface area contributed by atoms with Crippen LogP contribution in [0.25, 0.3) is 0 Å². The van der Waals surface area contributed by atoms with E-state index in [0.29, 0.717) is 23.2 Å². The fourth-order valence-electron chi connectivity index (χ4n) is 4.89. The molecule has 1 aliphatic rings. The van der Waals surface area contributed by atoms with Crippen LogP contribution in [0, 0.1) is 5.41 Å². The number of halogens is 2. The van der Waals surface area contributed by atoms with E-state index in [1.54, 1.807) is 31.4 Å². The van der Waals surface area contributed by atoms with Gasteiger partial charge in [0.25, 0.3) is 5.91 Å². The Morgan fingerprint density at radius 1 is 1.22 bits per heavy atom. The van der Waals surface area contributed by atoms with Gasteiger partial charge in [-0.3, -0.25) is 15.0 Å². The normalized spacial score (nSPS) is 21.4. The molecule has 0 fully saturated rings. The number of benzene rings is 2.